The van der Waals surface area contributed by atoms with Crippen LogP contribution in [0, 0.1) is 5.92 Å². The molecule has 0 spiro atoms. The molecule has 0 radical (unpaired) electrons. The highest BCUT2D eigenvalue weighted by atomic mass is 16.5. The molecule has 0 unspecified atom stereocenters. The summed E-state index contributed by atoms with van der Waals surface area (Å²) in [6, 6.07) is 13.6. The van der Waals surface area contributed by atoms with Gasteiger partial charge in [-0.25, -0.2) is 0 Å². The highest BCUT2D eigenvalue weighted by Gasteiger charge is 2.35. The first-order valence-electron chi connectivity index (χ1n) is 10.0. The number of pyridine rings is 1. The van der Waals surface area contributed by atoms with Crippen molar-refractivity contribution in [1.82, 2.24) is 10.3 Å². The number of aliphatic hydroxyl groups excluding tert-OH is 1. The molecule has 2 aliphatic rings. The summed E-state index contributed by atoms with van der Waals surface area (Å²) in [4.78, 5) is 19.8. The number of nitrogens with one attached hydrogen (secondary N) is 1. The standard InChI is InChI=1S/C22H27N3O3/c26-18-13-16(14-18)20(15-17-5-3-4-8-23-17)24-22(27)19-6-1-2-7-21(19)25-9-11-28-12-10-25/h1-8,16,18,20,26H,9-15H2,(H,24,27)/t16?,18?,20-/m0/s1. The lowest BCUT2D eigenvalue weighted by molar-refractivity contribution is 0.0238. The third-order valence-corrected chi connectivity index (χ3v) is 5.69. The van der Waals surface area contributed by atoms with Gasteiger partial charge in [0.25, 0.3) is 5.91 Å². The van der Waals surface area contributed by atoms with E-state index in [2.05, 4.69) is 15.2 Å². The molecule has 1 atom stereocenters. The normalized spacial score (nSPS) is 23.0. The van der Waals surface area contributed by atoms with Gasteiger partial charge >= 0.3 is 0 Å². The average Bonchev–Trinajstić information content (AvgIpc) is 2.72. The first kappa shape index (κ1) is 18.9. The maximum Gasteiger partial charge on any atom is 0.253 e. The molecule has 6 heteroatoms. The number of carbonyl (C=O) groups excluding carboxylic acids is 1. The Balaban J connectivity index is 1.51. The third kappa shape index (κ3) is 4.34. The Hall–Kier alpha value is -2.44. The van der Waals surface area contributed by atoms with Crippen molar-refractivity contribution >= 4 is 11.6 Å². The number of nitrogens with zero attached hydrogens (tertiary/aromatic N) is 2. The minimum Gasteiger partial charge on any atom is -0.393 e. The van der Waals surface area contributed by atoms with Crippen LogP contribution in [0.2, 0.25) is 0 Å². The van der Waals surface area contributed by atoms with Crippen LogP contribution in [-0.2, 0) is 11.2 Å². The Bertz CT molecular complexity index is 787. The first-order chi connectivity index (χ1) is 13.7. The number of ether oxygens (including phenoxy) is 1. The van der Waals surface area contributed by atoms with Gasteiger partial charge in [-0.2, -0.15) is 0 Å². The van der Waals surface area contributed by atoms with Crippen molar-refractivity contribution < 1.29 is 14.6 Å². The Kier molecular flexibility index (Phi) is 5.88. The number of morpholine rings is 1. The molecule has 2 aromatic rings. The van der Waals surface area contributed by atoms with Gasteiger partial charge in [-0.15, -0.1) is 0 Å². The van der Waals surface area contributed by atoms with Crippen LogP contribution in [-0.4, -0.2) is 54.4 Å². The zero-order valence-corrected chi connectivity index (χ0v) is 16.0. The maximum atomic E-state index is 13.2. The van der Waals surface area contributed by atoms with Crippen molar-refractivity contribution in [2.24, 2.45) is 5.92 Å². The second kappa shape index (κ2) is 8.71. The molecule has 1 saturated carbocycles. The van der Waals surface area contributed by atoms with Crippen molar-refractivity contribution in [2.75, 3.05) is 31.2 Å². The molecule has 0 bridgehead atoms. The smallest absolute Gasteiger partial charge is 0.253 e. The summed E-state index contributed by atoms with van der Waals surface area (Å²) in [5.74, 6) is 0.209. The molecule has 1 aliphatic heterocycles. The number of benzene rings is 1. The van der Waals surface area contributed by atoms with Crippen LogP contribution < -0.4 is 10.2 Å². The summed E-state index contributed by atoms with van der Waals surface area (Å²) in [6.45, 7) is 2.93. The van der Waals surface area contributed by atoms with Crippen LogP contribution in [0.25, 0.3) is 0 Å². The van der Waals surface area contributed by atoms with Gasteiger partial charge in [0.15, 0.2) is 0 Å². The maximum absolute atomic E-state index is 13.2. The summed E-state index contributed by atoms with van der Waals surface area (Å²) in [5.41, 5.74) is 2.60. The van der Waals surface area contributed by atoms with Gasteiger partial charge in [0.1, 0.15) is 0 Å². The number of anilines is 1. The zero-order chi connectivity index (χ0) is 19.3. The van der Waals surface area contributed by atoms with E-state index in [-0.39, 0.29) is 24.0 Å². The number of hydrogen-bond acceptors (Lipinski definition) is 5. The van der Waals surface area contributed by atoms with E-state index in [0.29, 0.717) is 25.2 Å². The van der Waals surface area contributed by atoms with E-state index < -0.39 is 0 Å². The van der Waals surface area contributed by atoms with Crippen molar-refractivity contribution in [3.05, 3.63) is 59.9 Å². The molecule has 2 N–H and O–H groups in total. The molecular formula is C22H27N3O3. The van der Waals surface area contributed by atoms with Gasteiger partial charge in [-0.1, -0.05) is 18.2 Å². The summed E-state index contributed by atoms with van der Waals surface area (Å²) in [5, 5.41) is 13.0. The van der Waals surface area contributed by atoms with Crippen LogP contribution in [0.5, 0.6) is 0 Å². The average molecular weight is 381 g/mol. The second-order valence-corrected chi connectivity index (χ2v) is 7.61. The fourth-order valence-electron chi connectivity index (χ4n) is 4.03. The Morgan fingerprint density at radius 1 is 1.18 bits per heavy atom. The number of para-hydroxylation sites is 1. The van der Waals surface area contributed by atoms with E-state index in [1.54, 1.807) is 6.20 Å². The van der Waals surface area contributed by atoms with E-state index >= 15 is 0 Å². The fraction of sp³-hybridized carbons (Fsp3) is 0.455. The number of hydrogen-bond donors (Lipinski definition) is 2. The lowest BCUT2D eigenvalue weighted by Crippen LogP contribution is -2.48. The van der Waals surface area contributed by atoms with Gasteiger partial charge in [0.2, 0.25) is 0 Å². The van der Waals surface area contributed by atoms with E-state index in [1.807, 2.05) is 42.5 Å². The number of rotatable bonds is 6. The highest BCUT2D eigenvalue weighted by molar-refractivity contribution is 6.00. The fourth-order valence-corrected chi connectivity index (χ4v) is 4.03. The lowest BCUT2D eigenvalue weighted by Gasteiger charge is -2.38. The Morgan fingerprint density at radius 2 is 1.93 bits per heavy atom. The van der Waals surface area contributed by atoms with Crippen LogP contribution in [0.1, 0.15) is 28.9 Å². The van der Waals surface area contributed by atoms with Crippen molar-refractivity contribution in [3.8, 4) is 0 Å². The molecule has 1 aliphatic carbocycles. The molecule has 6 nitrogen and oxygen atoms in total. The SMILES string of the molecule is O=C(N[C@@H](Cc1ccccn1)C1CC(O)C1)c1ccccc1N1CCOCC1. The number of aromatic nitrogens is 1. The second-order valence-electron chi connectivity index (χ2n) is 7.61. The molecule has 1 amide bonds. The molecule has 28 heavy (non-hydrogen) atoms. The zero-order valence-electron chi connectivity index (χ0n) is 16.0. The molecule has 1 aromatic carbocycles. The minimum absolute atomic E-state index is 0.0384. The van der Waals surface area contributed by atoms with E-state index in [4.69, 9.17) is 4.74 Å². The molecule has 1 aromatic heterocycles. The quantitative estimate of drug-likeness (QED) is 0.801. The third-order valence-electron chi connectivity index (χ3n) is 5.69. The molecule has 4 rings (SSSR count). The summed E-state index contributed by atoms with van der Waals surface area (Å²) < 4.78 is 5.44. The molecule has 148 valence electrons. The van der Waals surface area contributed by atoms with Gasteiger partial charge < -0.3 is 20.1 Å². The monoisotopic (exact) mass is 381 g/mol. The van der Waals surface area contributed by atoms with Crippen LogP contribution in [0.15, 0.2) is 48.7 Å². The summed E-state index contributed by atoms with van der Waals surface area (Å²) in [7, 11) is 0. The largest absolute Gasteiger partial charge is 0.393 e. The predicted octanol–water partition coefficient (Wildman–Crippen LogP) is 2.03. The van der Waals surface area contributed by atoms with E-state index in [1.165, 1.54) is 0 Å². The first-order valence-corrected chi connectivity index (χ1v) is 10.0. The van der Waals surface area contributed by atoms with Gasteiger partial charge in [0.05, 0.1) is 24.9 Å². The van der Waals surface area contributed by atoms with Crippen molar-refractivity contribution in [2.45, 2.75) is 31.4 Å². The van der Waals surface area contributed by atoms with Crippen LogP contribution >= 0.6 is 0 Å². The number of aliphatic hydroxyl groups is 1. The van der Waals surface area contributed by atoms with Gasteiger partial charge in [-0.3, -0.25) is 9.78 Å². The van der Waals surface area contributed by atoms with Crippen LogP contribution in [0.4, 0.5) is 5.69 Å². The Morgan fingerprint density at radius 3 is 2.64 bits per heavy atom. The summed E-state index contributed by atoms with van der Waals surface area (Å²) >= 11 is 0. The number of amides is 1. The lowest BCUT2D eigenvalue weighted by atomic mass is 9.75. The molecule has 2 heterocycles. The van der Waals surface area contributed by atoms with Gasteiger partial charge in [-0.05, 0) is 43.0 Å². The van der Waals surface area contributed by atoms with Gasteiger partial charge in [0, 0.05) is 43.1 Å². The van der Waals surface area contributed by atoms with Crippen molar-refractivity contribution in [3.63, 3.8) is 0 Å². The highest BCUT2D eigenvalue weighted by Crippen LogP contribution is 2.32. The Labute approximate surface area is 165 Å². The number of carbonyl (C=O) groups is 1. The minimum atomic E-state index is -0.256. The summed E-state index contributed by atoms with van der Waals surface area (Å²) in [6.07, 6.45) is 3.64. The molecule has 1 saturated heterocycles. The molecule has 2 fully saturated rings. The van der Waals surface area contributed by atoms with E-state index in [0.717, 1.165) is 37.3 Å². The predicted molar refractivity (Wildman–Crippen MR) is 107 cm³/mol. The van der Waals surface area contributed by atoms with E-state index in [9.17, 15) is 9.90 Å². The van der Waals surface area contributed by atoms with Crippen LogP contribution in [0.3, 0.4) is 0 Å². The molecular weight excluding hydrogens is 354 g/mol. The van der Waals surface area contributed by atoms with Crippen molar-refractivity contribution in [1.29, 1.82) is 0 Å². The topological polar surface area (TPSA) is 74.7 Å².